The molecule has 1 saturated carbocycles. The minimum absolute atomic E-state index is 0.111. The molecule has 1 unspecified atom stereocenters. The zero-order valence-electron chi connectivity index (χ0n) is 16.4. The van der Waals surface area contributed by atoms with Gasteiger partial charge >= 0.3 is 18.5 Å². The van der Waals surface area contributed by atoms with Crippen molar-refractivity contribution in [1.29, 1.82) is 0 Å². The van der Waals surface area contributed by atoms with Crippen LogP contribution in [0, 0.1) is 0 Å². The number of benzene rings is 1. The van der Waals surface area contributed by atoms with E-state index in [-0.39, 0.29) is 11.3 Å². The van der Waals surface area contributed by atoms with Crippen molar-refractivity contribution in [2.45, 2.75) is 57.2 Å². The molecule has 2 heterocycles. The van der Waals surface area contributed by atoms with E-state index < -0.39 is 42.6 Å². The zero-order chi connectivity index (χ0) is 21.5. The standard InChI is InChI=1S/C20H22F2N4O4/c1-12(16-23-13-7-3-4-8-14(13)26(16)18(21)22)30-15(27)11-25-17(28)20(24-19(25)29)9-5-2-6-10-20/h3-4,7-8,12,18H,2,5-6,9-11H2,1H3,(H,24,29). The highest BCUT2D eigenvalue weighted by atomic mass is 19.3. The van der Waals surface area contributed by atoms with Gasteiger partial charge in [-0.05, 0) is 31.9 Å². The predicted octanol–water partition coefficient (Wildman–Crippen LogP) is 3.29. The molecule has 30 heavy (non-hydrogen) atoms. The lowest BCUT2D eigenvalue weighted by Crippen LogP contribution is -2.48. The Morgan fingerprint density at radius 3 is 2.63 bits per heavy atom. The van der Waals surface area contributed by atoms with Crippen LogP contribution in [0.2, 0.25) is 0 Å². The molecule has 160 valence electrons. The van der Waals surface area contributed by atoms with Gasteiger partial charge in [0.15, 0.2) is 11.9 Å². The lowest BCUT2D eigenvalue weighted by atomic mass is 9.82. The van der Waals surface area contributed by atoms with Crippen LogP contribution in [0.25, 0.3) is 11.0 Å². The molecule has 3 amide bonds. The molecule has 1 aromatic heterocycles. The maximum Gasteiger partial charge on any atom is 0.326 e. The van der Waals surface area contributed by atoms with Gasteiger partial charge < -0.3 is 10.1 Å². The number of urea groups is 1. The van der Waals surface area contributed by atoms with Gasteiger partial charge in [0.25, 0.3) is 5.91 Å². The van der Waals surface area contributed by atoms with Gasteiger partial charge in [0, 0.05) is 0 Å². The number of nitrogens with zero attached hydrogens (tertiary/aromatic N) is 3. The van der Waals surface area contributed by atoms with E-state index in [1.807, 2.05) is 0 Å². The van der Waals surface area contributed by atoms with Gasteiger partial charge in [-0.3, -0.25) is 19.1 Å². The van der Waals surface area contributed by atoms with Crippen LogP contribution < -0.4 is 5.32 Å². The summed E-state index contributed by atoms with van der Waals surface area (Å²) >= 11 is 0. The van der Waals surface area contributed by atoms with E-state index in [9.17, 15) is 23.2 Å². The van der Waals surface area contributed by atoms with E-state index in [2.05, 4.69) is 10.3 Å². The number of imide groups is 1. The van der Waals surface area contributed by atoms with Gasteiger partial charge in [0.05, 0.1) is 11.0 Å². The van der Waals surface area contributed by atoms with Crippen molar-refractivity contribution in [3.63, 3.8) is 0 Å². The third kappa shape index (κ3) is 3.40. The molecule has 0 bridgehead atoms. The zero-order valence-corrected chi connectivity index (χ0v) is 16.4. The number of para-hydroxylation sites is 2. The third-order valence-corrected chi connectivity index (χ3v) is 5.73. The van der Waals surface area contributed by atoms with E-state index in [0.717, 1.165) is 24.2 Å². The Balaban J connectivity index is 1.48. The number of imidazole rings is 1. The van der Waals surface area contributed by atoms with Gasteiger partial charge in [-0.25, -0.2) is 9.78 Å². The fraction of sp³-hybridized carbons (Fsp3) is 0.500. The summed E-state index contributed by atoms with van der Waals surface area (Å²) < 4.78 is 33.2. The quantitative estimate of drug-likeness (QED) is 0.592. The first-order valence-corrected chi connectivity index (χ1v) is 9.91. The summed E-state index contributed by atoms with van der Waals surface area (Å²) in [6.45, 7) is -2.02. The second kappa shape index (κ2) is 7.66. The molecule has 1 aromatic carbocycles. The summed E-state index contributed by atoms with van der Waals surface area (Å²) in [5.74, 6) is -1.41. The summed E-state index contributed by atoms with van der Waals surface area (Å²) in [6, 6.07) is 5.74. The number of rotatable bonds is 5. The summed E-state index contributed by atoms with van der Waals surface area (Å²) in [5.41, 5.74) is -0.368. The highest BCUT2D eigenvalue weighted by Crippen LogP contribution is 2.34. The number of esters is 1. The van der Waals surface area contributed by atoms with Crippen LogP contribution in [0.4, 0.5) is 13.6 Å². The maximum absolute atomic E-state index is 13.6. The smallest absolute Gasteiger partial charge is 0.326 e. The summed E-state index contributed by atoms with van der Waals surface area (Å²) in [5, 5.41) is 2.72. The van der Waals surface area contributed by atoms with Crippen LogP contribution in [-0.4, -0.2) is 44.4 Å². The van der Waals surface area contributed by atoms with Crippen molar-refractivity contribution in [2.75, 3.05) is 6.54 Å². The Kier molecular flexibility index (Phi) is 5.17. The van der Waals surface area contributed by atoms with Crippen molar-refractivity contribution in [3.05, 3.63) is 30.1 Å². The molecule has 2 fully saturated rings. The molecule has 1 spiro atoms. The van der Waals surface area contributed by atoms with Gasteiger partial charge in [-0.1, -0.05) is 31.4 Å². The average molecular weight is 420 g/mol. The predicted molar refractivity (Wildman–Crippen MR) is 102 cm³/mol. The summed E-state index contributed by atoms with van der Waals surface area (Å²) in [7, 11) is 0. The number of ether oxygens (including phenoxy) is 1. The van der Waals surface area contributed by atoms with Crippen molar-refractivity contribution in [1.82, 2.24) is 19.8 Å². The number of halogens is 2. The Hall–Kier alpha value is -3.04. The van der Waals surface area contributed by atoms with E-state index in [1.165, 1.54) is 13.0 Å². The van der Waals surface area contributed by atoms with Crippen molar-refractivity contribution < 1.29 is 27.9 Å². The number of nitrogens with one attached hydrogen (secondary N) is 1. The minimum Gasteiger partial charge on any atom is -0.453 e. The third-order valence-electron chi connectivity index (χ3n) is 5.73. The van der Waals surface area contributed by atoms with Crippen LogP contribution in [0.5, 0.6) is 0 Å². The van der Waals surface area contributed by atoms with Gasteiger partial charge in [0.1, 0.15) is 12.1 Å². The van der Waals surface area contributed by atoms with E-state index in [4.69, 9.17) is 4.74 Å². The Bertz CT molecular complexity index is 1000. The van der Waals surface area contributed by atoms with Crippen molar-refractivity contribution in [2.24, 2.45) is 0 Å². The molecule has 1 saturated heterocycles. The molecular formula is C20H22F2N4O4. The first-order valence-electron chi connectivity index (χ1n) is 9.91. The van der Waals surface area contributed by atoms with E-state index in [0.29, 0.717) is 22.9 Å². The number of hydrogen-bond donors (Lipinski definition) is 1. The van der Waals surface area contributed by atoms with Crippen LogP contribution in [-0.2, 0) is 14.3 Å². The Labute approximate surface area is 171 Å². The van der Waals surface area contributed by atoms with Gasteiger partial charge in [0.2, 0.25) is 0 Å². The fourth-order valence-corrected chi connectivity index (χ4v) is 4.29. The van der Waals surface area contributed by atoms with Crippen LogP contribution in [0.3, 0.4) is 0 Å². The number of carbonyl (C=O) groups is 3. The van der Waals surface area contributed by atoms with Crippen LogP contribution in [0.1, 0.15) is 57.5 Å². The molecule has 10 heteroatoms. The van der Waals surface area contributed by atoms with Gasteiger partial charge in [-0.2, -0.15) is 8.78 Å². The molecule has 2 aromatic rings. The molecule has 0 radical (unpaired) electrons. The number of alkyl halides is 2. The van der Waals surface area contributed by atoms with Gasteiger partial charge in [-0.15, -0.1) is 0 Å². The minimum atomic E-state index is -2.87. The van der Waals surface area contributed by atoms with Crippen molar-refractivity contribution in [3.8, 4) is 0 Å². The second-order valence-corrected chi connectivity index (χ2v) is 7.70. The molecule has 4 rings (SSSR count). The number of hydrogen-bond acceptors (Lipinski definition) is 5. The van der Waals surface area contributed by atoms with Crippen LogP contribution in [0.15, 0.2) is 24.3 Å². The SMILES string of the molecule is CC(OC(=O)CN1C(=O)NC2(CCCCC2)C1=O)c1nc2ccccc2n1C(F)F. The number of fused-ring (bicyclic) bond motifs is 1. The van der Waals surface area contributed by atoms with E-state index >= 15 is 0 Å². The molecule has 1 aliphatic carbocycles. The topological polar surface area (TPSA) is 93.5 Å². The van der Waals surface area contributed by atoms with E-state index in [1.54, 1.807) is 18.2 Å². The summed E-state index contributed by atoms with van der Waals surface area (Å²) in [4.78, 5) is 42.5. The molecule has 8 nitrogen and oxygen atoms in total. The maximum atomic E-state index is 13.6. The molecule has 1 aliphatic heterocycles. The normalized spacial score (nSPS) is 19.5. The lowest BCUT2D eigenvalue weighted by molar-refractivity contribution is -0.152. The first-order chi connectivity index (χ1) is 14.3. The molecular weight excluding hydrogens is 398 g/mol. The highest BCUT2D eigenvalue weighted by molar-refractivity contribution is 6.08. The Morgan fingerprint density at radius 1 is 1.23 bits per heavy atom. The number of carbonyl (C=O) groups excluding carboxylic acids is 3. The Morgan fingerprint density at radius 2 is 1.93 bits per heavy atom. The fourth-order valence-electron chi connectivity index (χ4n) is 4.29. The lowest BCUT2D eigenvalue weighted by Gasteiger charge is -2.30. The molecule has 1 N–H and O–H groups in total. The second-order valence-electron chi connectivity index (χ2n) is 7.70. The monoisotopic (exact) mass is 420 g/mol. The number of aromatic nitrogens is 2. The number of amides is 3. The summed E-state index contributed by atoms with van der Waals surface area (Å²) in [6.07, 6.45) is 2.63. The molecule has 2 aliphatic rings. The first kappa shape index (κ1) is 20.2. The largest absolute Gasteiger partial charge is 0.453 e. The average Bonchev–Trinajstić information content (AvgIpc) is 3.20. The highest BCUT2D eigenvalue weighted by Gasteiger charge is 2.51. The van der Waals surface area contributed by atoms with Crippen molar-refractivity contribution >= 4 is 28.9 Å². The molecule has 1 atom stereocenters. The van der Waals surface area contributed by atoms with Crippen LogP contribution >= 0.6 is 0 Å².